The van der Waals surface area contributed by atoms with Gasteiger partial charge in [0.15, 0.2) is 0 Å². The van der Waals surface area contributed by atoms with Gasteiger partial charge in [-0.2, -0.15) is 0 Å². The molecule has 112 valence electrons. The normalized spacial score (nSPS) is 25.7. The number of aliphatic hydroxyl groups excluding tert-OH is 1. The van der Waals surface area contributed by atoms with Crippen molar-refractivity contribution in [3.63, 3.8) is 0 Å². The first kappa shape index (κ1) is 14.2. The minimum absolute atomic E-state index is 0.00647. The van der Waals surface area contributed by atoms with Gasteiger partial charge in [0.2, 0.25) is 11.8 Å². The molecule has 1 aromatic rings. The molecule has 1 N–H and O–H groups in total. The Morgan fingerprint density at radius 3 is 2.24 bits per heavy atom. The summed E-state index contributed by atoms with van der Waals surface area (Å²) < 4.78 is 0. The molecule has 5 nitrogen and oxygen atoms in total. The van der Waals surface area contributed by atoms with E-state index >= 15 is 0 Å². The predicted octanol–water partition coefficient (Wildman–Crippen LogP) is 0.486. The van der Waals surface area contributed by atoms with E-state index in [0.29, 0.717) is 26.1 Å². The maximum atomic E-state index is 12.3. The first-order valence-corrected chi connectivity index (χ1v) is 7.43. The van der Waals surface area contributed by atoms with Crippen molar-refractivity contribution < 1.29 is 14.7 Å². The number of fused-ring (bicyclic) bond motifs is 1. The van der Waals surface area contributed by atoms with Gasteiger partial charge in [-0.25, -0.2) is 0 Å². The average molecular weight is 288 g/mol. The fourth-order valence-corrected chi connectivity index (χ4v) is 3.31. The van der Waals surface area contributed by atoms with Crippen LogP contribution in [0.2, 0.25) is 0 Å². The lowest BCUT2D eigenvalue weighted by Gasteiger charge is -2.20. The van der Waals surface area contributed by atoms with Crippen LogP contribution in [0, 0.1) is 11.8 Å². The summed E-state index contributed by atoms with van der Waals surface area (Å²) in [6.45, 7) is 2.44. The monoisotopic (exact) mass is 288 g/mol. The summed E-state index contributed by atoms with van der Waals surface area (Å²) in [5.41, 5.74) is 1.20. The number of hydrogen-bond donors (Lipinski definition) is 1. The number of benzene rings is 1. The Bertz CT molecular complexity index is 508. The summed E-state index contributed by atoms with van der Waals surface area (Å²) >= 11 is 0. The van der Waals surface area contributed by atoms with Gasteiger partial charge in [0.05, 0.1) is 11.8 Å². The standard InChI is InChI=1S/C16H20N2O3/c19-8-4-7-18-15(20)13-10-17(11-14(13)16(18)21)9-12-5-2-1-3-6-12/h1-3,5-6,13-14,19H,4,7-11H2/t13-,14+. The van der Waals surface area contributed by atoms with Gasteiger partial charge in [0.1, 0.15) is 0 Å². The molecule has 0 unspecified atom stereocenters. The van der Waals surface area contributed by atoms with Crippen molar-refractivity contribution in [3.8, 4) is 0 Å². The van der Waals surface area contributed by atoms with Crippen LogP contribution in [0.1, 0.15) is 12.0 Å². The van der Waals surface area contributed by atoms with Gasteiger partial charge in [-0.05, 0) is 12.0 Å². The van der Waals surface area contributed by atoms with Gasteiger partial charge in [-0.1, -0.05) is 30.3 Å². The van der Waals surface area contributed by atoms with E-state index in [0.717, 1.165) is 6.54 Å². The Kier molecular flexibility index (Phi) is 4.03. The first-order chi connectivity index (χ1) is 10.2. The van der Waals surface area contributed by atoms with Gasteiger partial charge in [0.25, 0.3) is 0 Å². The molecule has 2 amide bonds. The molecule has 1 aromatic carbocycles. The van der Waals surface area contributed by atoms with E-state index in [9.17, 15) is 9.59 Å². The van der Waals surface area contributed by atoms with Crippen LogP contribution in [0.15, 0.2) is 30.3 Å². The second-order valence-electron chi connectivity index (χ2n) is 5.80. The summed E-state index contributed by atoms with van der Waals surface area (Å²) in [6.07, 6.45) is 0.463. The van der Waals surface area contributed by atoms with Crippen molar-refractivity contribution in [1.29, 1.82) is 0 Å². The quantitative estimate of drug-likeness (QED) is 0.801. The van der Waals surface area contributed by atoms with Crippen LogP contribution >= 0.6 is 0 Å². The minimum atomic E-state index is -0.195. The molecule has 0 spiro atoms. The molecule has 0 saturated carbocycles. The van der Waals surface area contributed by atoms with E-state index in [-0.39, 0.29) is 30.3 Å². The molecule has 5 heteroatoms. The highest BCUT2D eigenvalue weighted by Gasteiger charge is 2.51. The summed E-state index contributed by atoms with van der Waals surface area (Å²) in [5, 5.41) is 8.85. The fraction of sp³-hybridized carbons (Fsp3) is 0.500. The number of hydrogen-bond acceptors (Lipinski definition) is 4. The number of imide groups is 1. The number of carbonyl (C=O) groups is 2. The van der Waals surface area contributed by atoms with Gasteiger partial charge >= 0.3 is 0 Å². The van der Waals surface area contributed by atoms with Crippen molar-refractivity contribution in [2.45, 2.75) is 13.0 Å². The molecule has 2 aliphatic heterocycles. The summed E-state index contributed by atoms with van der Waals surface area (Å²) in [6, 6.07) is 10.1. The molecule has 0 aromatic heterocycles. The maximum Gasteiger partial charge on any atom is 0.234 e. The highest BCUT2D eigenvalue weighted by Crippen LogP contribution is 2.34. The zero-order valence-corrected chi connectivity index (χ0v) is 11.9. The number of amides is 2. The van der Waals surface area contributed by atoms with Gasteiger partial charge in [-0.15, -0.1) is 0 Å². The molecule has 2 aliphatic rings. The van der Waals surface area contributed by atoms with Crippen LogP contribution in [0.4, 0.5) is 0 Å². The SMILES string of the molecule is O=C1[C@H]2CN(Cc3ccccc3)C[C@H]2C(=O)N1CCCO. The molecular weight excluding hydrogens is 268 g/mol. The van der Waals surface area contributed by atoms with E-state index in [4.69, 9.17) is 5.11 Å². The second kappa shape index (κ2) is 5.95. The third-order valence-electron chi connectivity index (χ3n) is 4.35. The van der Waals surface area contributed by atoms with Crippen LogP contribution in [0.3, 0.4) is 0 Å². The average Bonchev–Trinajstić information content (AvgIpc) is 2.99. The number of rotatable bonds is 5. The number of carbonyl (C=O) groups excluding carboxylic acids is 2. The molecule has 0 bridgehead atoms. The predicted molar refractivity (Wildman–Crippen MR) is 77.1 cm³/mol. The molecule has 21 heavy (non-hydrogen) atoms. The zero-order valence-electron chi connectivity index (χ0n) is 11.9. The molecule has 2 fully saturated rings. The molecule has 2 saturated heterocycles. The van der Waals surface area contributed by atoms with Crippen LogP contribution < -0.4 is 0 Å². The molecule has 2 heterocycles. The number of likely N-dealkylation sites (tertiary alicyclic amines) is 2. The topological polar surface area (TPSA) is 60.9 Å². The Labute approximate surface area is 124 Å². The summed E-state index contributed by atoms with van der Waals surface area (Å²) in [4.78, 5) is 28.1. The van der Waals surface area contributed by atoms with E-state index in [1.165, 1.54) is 10.5 Å². The summed E-state index contributed by atoms with van der Waals surface area (Å²) in [7, 11) is 0. The minimum Gasteiger partial charge on any atom is -0.396 e. The highest BCUT2D eigenvalue weighted by atomic mass is 16.3. The van der Waals surface area contributed by atoms with Crippen molar-refractivity contribution in [2.24, 2.45) is 11.8 Å². The Hall–Kier alpha value is -1.72. The van der Waals surface area contributed by atoms with E-state index in [1.54, 1.807) is 0 Å². The molecule has 0 aliphatic carbocycles. The Morgan fingerprint density at radius 2 is 1.67 bits per heavy atom. The third kappa shape index (κ3) is 2.71. The van der Waals surface area contributed by atoms with Crippen molar-refractivity contribution in [1.82, 2.24) is 9.80 Å². The highest BCUT2D eigenvalue weighted by molar-refractivity contribution is 6.05. The number of aliphatic hydroxyl groups is 1. The Balaban J connectivity index is 1.63. The molecule has 2 atom stereocenters. The van der Waals surface area contributed by atoms with Gasteiger partial charge in [-0.3, -0.25) is 19.4 Å². The van der Waals surface area contributed by atoms with Crippen LogP contribution in [0.25, 0.3) is 0 Å². The zero-order chi connectivity index (χ0) is 14.8. The van der Waals surface area contributed by atoms with Crippen LogP contribution in [0.5, 0.6) is 0 Å². The maximum absolute atomic E-state index is 12.3. The lowest BCUT2D eigenvalue weighted by Crippen LogP contribution is -2.36. The second-order valence-corrected chi connectivity index (χ2v) is 5.80. The first-order valence-electron chi connectivity index (χ1n) is 7.43. The number of nitrogens with zero attached hydrogens (tertiary/aromatic N) is 2. The van der Waals surface area contributed by atoms with Crippen LogP contribution in [-0.4, -0.2) is 53.0 Å². The van der Waals surface area contributed by atoms with E-state index in [1.807, 2.05) is 18.2 Å². The molecule has 0 radical (unpaired) electrons. The van der Waals surface area contributed by atoms with Gasteiger partial charge in [0, 0.05) is 32.8 Å². The van der Waals surface area contributed by atoms with E-state index < -0.39 is 0 Å². The lowest BCUT2D eigenvalue weighted by molar-refractivity contribution is -0.140. The summed E-state index contributed by atoms with van der Waals surface area (Å²) in [5.74, 6) is -0.511. The molecule has 3 rings (SSSR count). The smallest absolute Gasteiger partial charge is 0.234 e. The largest absolute Gasteiger partial charge is 0.396 e. The fourth-order valence-electron chi connectivity index (χ4n) is 3.31. The van der Waals surface area contributed by atoms with Crippen molar-refractivity contribution in [3.05, 3.63) is 35.9 Å². The van der Waals surface area contributed by atoms with E-state index in [2.05, 4.69) is 17.0 Å². The lowest BCUT2D eigenvalue weighted by atomic mass is 10.00. The van der Waals surface area contributed by atoms with Crippen LogP contribution in [-0.2, 0) is 16.1 Å². The third-order valence-corrected chi connectivity index (χ3v) is 4.35. The Morgan fingerprint density at radius 1 is 1.05 bits per heavy atom. The van der Waals surface area contributed by atoms with Gasteiger partial charge < -0.3 is 5.11 Å². The van der Waals surface area contributed by atoms with Crippen molar-refractivity contribution >= 4 is 11.8 Å². The molecular formula is C16H20N2O3. The van der Waals surface area contributed by atoms with Crippen molar-refractivity contribution in [2.75, 3.05) is 26.2 Å².